The summed E-state index contributed by atoms with van der Waals surface area (Å²) in [6.07, 6.45) is 2.81. The van der Waals surface area contributed by atoms with E-state index in [-0.39, 0.29) is 24.8 Å². The molecule has 10 nitrogen and oxygen atoms in total. The van der Waals surface area contributed by atoms with Crippen molar-refractivity contribution < 1.29 is 19.1 Å². The highest BCUT2D eigenvalue weighted by molar-refractivity contribution is 6.31. The van der Waals surface area contributed by atoms with Gasteiger partial charge >= 0.3 is 6.03 Å². The molecule has 210 valence electrons. The lowest BCUT2D eigenvalue weighted by atomic mass is 9.99. The fourth-order valence-corrected chi connectivity index (χ4v) is 5.62. The third-order valence-electron chi connectivity index (χ3n) is 7.63. The van der Waals surface area contributed by atoms with Crippen molar-refractivity contribution in [1.29, 1.82) is 0 Å². The van der Waals surface area contributed by atoms with Crippen LogP contribution in [-0.2, 0) is 35.5 Å². The molecule has 1 aromatic heterocycles. The molecule has 5 rings (SSSR count). The smallest absolute Gasteiger partial charge is 0.314 e. The Bertz CT molecular complexity index is 1410. The van der Waals surface area contributed by atoms with Crippen molar-refractivity contribution in [3.8, 4) is 5.75 Å². The van der Waals surface area contributed by atoms with Crippen LogP contribution in [0.2, 0.25) is 5.02 Å². The highest BCUT2D eigenvalue weighted by atomic mass is 35.5. The van der Waals surface area contributed by atoms with E-state index in [1.54, 1.807) is 28.1 Å². The molecule has 2 aromatic carbocycles. The maximum atomic E-state index is 13.9. The number of primary amides is 1. The van der Waals surface area contributed by atoms with Gasteiger partial charge in [0.2, 0.25) is 11.8 Å². The molecule has 1 atom stereocenters. The number of benzene rings is 2. The zero-order chi connectivity index (χ0) is 28.2. The van der Waals surface area contributed by atoms with E-state index in [1.165, 1.54) is 0 Å². The van der Waals surface area contributed by atoms with E-state index in [1.807, 2.05) is 53.1 Å². The van der Waals surface area contributed by atoms with Gasteiger partial charge in [0.25, 0.3) is 0 Å². The molecule has 40 heavy (non-hydrogen) atoms. The number of rotatable bonds is 6. The minimum Gasteiger partial charge on any atom is -0.497 e. The second kappa shape index (κ2) is 12.0. The van der Waals surface area contributed by atoms with Gasteiger partial charge in [-0.2, -0.15) is 0 Å². The molecule has 1 fully saturated rings. The van der Waals surface area contributed by atoms with E-state index in [0.29, 0.717) is 56.3 Å². The van der Waals surface area contributed by atoms with Gasteiger partial charge in [0.05, 0.1) is 44.3 Å². The summed E-state index contributed by atoms with van der Waals surface area (Å²) in [6, 6.07) is 13.8. The highest BCUT2D eigenvalue weighted by Gasteiger charge is 2.39. The average Bonchev–Trinajstić information content (AvgIpc) is 3.17. The Morgan fingerprint density at radius 1 is 1.05 bits per heavy atom. The standard InChI is InChI=1S/C29H33ClN6O4/c1-40-22-8-4-6-20(14-22)15-27(37)36-18-26-24(32-19-35(26)17-21-7-2-3-9-23(21)30)16-25(36)28(38)33-10-5-11-34(13-12-33)29(31)39/h2-4,6-9,14,19,25H,5,10-13,15-18H2,1H3,(H2,31,39). The number of nitrogens with zero attached hydrogens (tertiary/aromatic N) is 5. The number of carbonyl (C=O) groups is 3. The third kappa shape index (κ3) is 5.91. The Balaban J connectivity index is 1.42. The summed E-state index contributed by atoms with van der Waals surface area (Å²) in [6.45, 7) is 2.48. The van der Waals surface area contributed by atoms with E-state index in [0.717, 1.165) is 22.5 Å². The summed E-state index contributed by atoms with van der Waals surface area (Å²) in [7, 11) is 1.59. The van der Waals surface area contributed by atoms with Gasteiger partial charge in [-0.1, -0.05) is 41.9 Å². The van der Waals surface area contributed by atoms with Crippen molar-refractivity contribution in [3.05, 3.63) is 82.4 Å². The monoisotopic (exact) mass is 564 g/mol. The highest BCUT2D eigenvalue weighted by Crippen LogP contribution is 2.27. The molecular weight excluding hydrogens is 532 g/mol. The van der Waals surface area contributed by atoms with E-state index >= 15 is 0 Å². The van der Waals surface area contributed by atoms with E-state index < -0.39 is 12.1 Å². The second-order valence-electron chi connectivity index (χ2n) is 10.1. The fraction of sp³-hybridized carbons (Fsp3) is 0.379. The molecule has 11 heteroatoms. The van der Waals surface area contributed by atoms with Crippen molar-refractivity contribution in [2.24, 2.45) is 5.73 Å². The van der Waals surface area contributed by atoms with Gasteiger partial charge in [0, 0.05) is 37.6 Å². The molecule has 1 unspecified atom stereocenters. The molecule has 3 heterocycles. The first-order valence-corrected chi connectivity index (χ1v) is 13.7. The van der Waals surface area contributed by atoms with Crippen LogP contribution in [-0.4, -0.2) is 81.4 Å². The van der Waals surface area contributed by atoms with Crippen LogP contribution in [0.1, 0.15) is 28.9 Å². The number of nitrogens with two attached hydrogens (primary N) is 1. The number of aromatic nitrogens is 2. The van der Waals surface area contributed by atoms with Crippen LogP contribution in [0.3, 0.4) is 0 Å². The van der Waals surface area contributed by atoms with Crippen molar-refractivity contribution in [3.63, 3.8) is 0 Å². The zero-order valence-electron chi connectivity index (χ0n) is 22.5. The quantitative estimate of drug-likeness (QED) is 0.494. The van der Waals surface area contributed by atoms with Gasteiger partial charge in [0.15, 0.2) is 0 Å². The Labute approximate surface area is 238 Å². The number of ether oxygens (including phenoxy) is 1. The zero-order valence-corrected chi connectivity index (χ0v) is 23.2. The van der Waals surface area contributed by atoms with Crippen molar-refractivity contribution >= 4 is 29.4 Å². The molecule has 0 bridgehead atoms. The molecule has 2 aliphatic rings. The largest absolute Gasteiger partial charge is 0.497 e. The number of fused-ring (bicyclic) bond motifs is 1. The average molecular weight is 565 g/mol. The minimum absolute atomic E-state index is 0.129. The predicted octanol–water partition coefficient (Wildman–Crippen LogP) is 2.70. The first-order valence-electron chi connectivity index (χ1n) is 13.4. The summed E-state index contributed by atoms with van der Waals surface area (Å²) < 4.78 is 7.33. The molecule has 4 amide bonds. The summed E-state index contributed by atoms with van der Waals surface area (Å²) in [5, 5.41) is 0.658. The van der Waals surface area contributed by atoms with E-state index in [4.69, 9.17) is 22.1 Å². The van der Waals surface area contributed by atoms with Gasteiger partial charge in [-0.15, -0.1) is 0 Å². The number of halogens is 1. The molecular formula is C29H33ClN6O4. The number of hydrogen-bond acceptors (Lipinski definition) is 5. The minimum atomic E-state index is -0.700. The number of imidazole rings is 1. The van der Waals surface area contributed by atoms with Crippen LogP contribution < -0.4 is 10.5 Å². The van der Waals surface area contributed by atoms with Crippen LogP contribution in [0.4, 0.5) is 4.79 Å². The molecule has 1 saturated heterocycles. The Hall–Kier alpha value is -4.05. The van der Waals surface area contributed by atoms with Crippen LogP contribution in [0, 0.1) is 0 Å². The maximum absolute atomic E-state index is 13.9. The van der Waals surface area contributed by atoms with Crippen LogP contribution in [0.25, 0.3) is 0 Å². The summed E-state index contributed by atoms with van der Waals surface area (Å²) in [4.78, 5) is 49.1. The van der Waals surface area contributed by atoms with E-state index in [2.05, 4.69) is 4.98 Å². The third-order valence-corrected chi connectivity index (χ3v) is 8.00. The van der Waals surface area contributed by atoms with Gasteiger partial charge in [-0.25, -0.2) is 9.78 Å². The lowest BCUT2D eigenvalue weighted by Gasteiger charge is -2.37. The second-order valence-corrected chi connectivity index (χ2v) is 10.5. The number of amides is 4. The molecule has 0 aliphatic carbocycles. The van der Waals surface area contributed by atoms with Crippen LogP contribution in [0.5, 0.6) is 5.75 Å². The molecule has 3 aromatic rings. The van der Waals surface area contributed by atoms with Crippen molar-refractivity contribution in [2.45, 2.75) is 38.4 Å². The summed E-state index contributed by atoms with van der Waals surface area (Å²) >= 11 is 6.42. The topological polar surface area (TPSA) is 114 Å². The molecule has 0 radical (unpaired) electrons. The SMILES string of the molecule is COc1cccc(CC(=O)N2Cc3c(ncn3Cc3ccccc3Cl)CC2C(=O)N2CCCN(C(N)=O)CC2)c1. The number of hydrogen-bond donors (Lipinski definition) is 1. The van der Waals surface area contributed by atoms with Crippen LogP contribution >= 0.6 is 11.6 Å². The first-order chi connectivity index (χ1) is 19.3. The lowest BCUT2D eigenvalue weighted by Crippen LogP contribution is -2.55. The summed E-state index contributed by atoms with van der Waals surface area (Å²) in [5.41, 5.74) is 8.91. The molecule has 0 spiro atoms. The number of methoxy groups -OCH3 is 1. The first kappa shape index (κ1) is 27.5. The lowest BCUT2D eigenvalue weighted by molar-refractivity contribution is -0.146. The maximum Gasteiger partial charge on any atom is 0.314 e. The van der Waals surface area contributed by atoms with Gasteiger partial charge in [0.1, 0.15) is 11.8 Å². The van der Waals surface area contributed by atoms with Crippen molar-refractivity contribution in [2.75, 3.05) is 33.3 Å². The van der Waals surface area contributed by atoms with Gasteiger partial charge in [-0.3, -0.25) is 9.59 Å². The van der Waals surface area contributed by atoms with Crippen LogP contribution in [0.15, 0.2) is 54.9 Å². The molecule has 0 saturated carbocycles. The fourth-order valence-electron chi connectivity index (χ4n) is 5.42. The Morgan fingerprint density at radius 3 is 2.60 bits per heavy atom. The predicted molar refractivity (Wildman–Crippen MR) is 150 cm³/mol. The number of carbonyl (C=O) groups excluding carboxylic acids is 3. The Kier molecular flexibility index (Phi) is 8.25. The summed E-state index contributed by atoms with van der Waals surface area (Å²) in [5.74, 6) is 0.369. The van der Waals surface area contributed by atoms with Crippen molar-refractivity contribution in [1.82, 2.24) is 24.3 Å². The molecule has 2 aliphatic heterocycles. The molecule has 2 N–H and O–H groups in total. The van der Waals surface area contributed by atoms with Gasteiger partial charge in [-0.05, 0) is 35.7 Å². The Morgan fingerprint density at radius 2 is 1.82 bits per heavy atom. The van der Waals surface area contributed by atoms with E-state index in [9.17, 15) is 14.4 Å². The number of urea groups is 1. The normalized spacial score (nSPS) is 17.2. The van der Waals surface area contributed by atoms with Gasteiger partial charge < -0.3 is 29.7 Å².